The maximum atomic E-state index is 2.51. The summed E-state index contributed by atoms with van der Waals surface area (Å²) in [7, 11) is 0. The fourth-order valence-corrected chi connectivity index (χ4v) is 11.8. The van der Waals surface area contributed by atoms with Crippen LogP contribution in [-0.4, -0.2) is 0 Å². The van der Waals surface area contributed by atoms with E-state index in [9.17, 15) is 0 Å². The number of fused-ring (bicyclic) bond motifs is 9. The topological polar surface area (TPSA) is 3.24 Å². The highest BCUT2D eigenvalue weighted by Gasteiger charge is 2.38. The van der Waals surface area contributed by atoms with Crippen LogP contribution in [-0.2, 0) is 10.8 Å². The molecule has 296 valence electrons. The van der Waals surface area contributed by atoms with Gasteiger partial charge in [-0.25, -0.2) is 0 Å². The molecule has 2 aliphatic carbocycles. The van der Waals surface area contributed by atoms with E-state index in [1.54, 1.807) is 0 Å². The molecule has 12 rings (SSSR count). The number of nitrogens with zero attached hydrogens (tertiary/aromatic N) is 1. The van der Waals surface area contributed by atoms with Gasteiger partial charge in [0.2, 0.25) is 0 Å². The van der Waals surface area contributed by atoms with Crippen molar-refractivity contribution in [1.29, 1.82) is 0 Å². The summed E-state index contributed by atoms with van der Waals surface area (Å²) < 4.78 is 2.64. The number of hydrogen-bond acceptors (Lipinski definition) is 2. The van der Waals surface area contributed by atoms with Gasteiger partial charge >= 0.3 is 0 Å². The molecule has 0 fully saturated rings. The third-order valence-electron chi connectivity index (χ3n) is 13.9. The van der Waals surface area contributed by atoms with E-state index >= 15 is 0 Å². The summed E-state index contributed by atoms with van der Waals surface area (Å²) in [5.41, 5.74) is 21.4. The average Bonchev–Trinajstić information content (AvgIpc) is 3.89. The second kappa shape index (κ2) is 13.8. The number of para-hydroxylation sites is 1. The summed E-state index contributed by atoms with van der Waals surface area (Å²) in [5, 5.41) is 2.62. The Morgan fingerprint density at radius 3 is 1.79 bits per heavy atom. The Morgan fingerprint density at radius 1 is 0.339 bits per heavy atom. The molecule has 0 unspecified atom stereocenters. The highest BCUT2D eigenvalue weighted by Crippen LogP contribution is 2.56. The van der Waals surface area contributed by atoms with Crippen LogP contribution in [0.5, 0.6) is 0 Å². The van der Waals surface area contributed by atoms with Crippen molar-refractivity contribution in [3.05, 3.63) is 222 Å². The maximum absolute atomic E-state index is 2.51. The lowest BCUT2D eigenvalue weighted by molar-refractivity contribution is 0.660. The van der Waals surface area contributed by atoms with E-state index in [2.05, 4.69) is 233 Å². The van der Waals surface area contributed by atoms with Crippen LogP contribution >= 0.6 is 11.3 Å². The van der Waals surface area contributed by atoms with Crippen LogP contribution in [0.4, 0.5) is 17.1 Å². The van der Waals surface area contributed by atoms with Gasteiger partial charge in [-0.1, -0.05) is 173 Å². The SMILES string of the molecule is CC1(C)c2ccc(-c3ccc(N(c4ccccc4-c4ccc5sc6ccccc6c5c4)c4cccc5c4-c4ccccc4C5(C)C)cc3)cc2-c2ccc(-c3ccccc3)cc21. The predicted molar refractivity (Wildman–Crippen MR) is 265 cm³/mol. The summed E-state index contributed by atoms with van der Waals surface area (Å²) in [6.45, 7) is 9.47. The standard InChI is InChI=1S/C60H45NS/c1-59(2)50-20-11-8-19-47(50)58-52(59)21-14-23-55(58)61(54-22-12-9-17-44(54)42-29-34-57-49(36-42)46-18-10-13-24-56(46)62-57)43-30-25-39(26-31-43)40-28-33-51-48(35-40)45-32-27-41(37-53(45)60(51,3)4)38-15-6-5-7-16-38/h5-37H,1-4H3. The molecule has 1 aromatic heterocycles. The first-order chi connectivity index (χ1) is 30.3. The molecular weight excluding hydrogens is 767 g/mol. The van der Waals surface area contributed by atoms with Gasteiger partial charge in [0.15, 0.2) is 0 Å². The van der Waals surface area contributed by atoms with Crippen LogP contribution in [0.25, 0.3) is 75.8 Å². The van der Waals surface area contributed by atoms with Gasteiger partial charge in [-0.05, 0) is 121 Å². The van der Waals surface area contributed by atoms with Gasteiger partial charge in [-0.3, -0.25) is 0 Å². The Kier molecular flexibility index (Phi) is 8.17. The second-order valence-corrected chi connectivity index (χ2v) is 19.2. The molecular formula is C60H45NS. The Bertz CT molecular complexity index is 3400. The molecule has 0 radical (unpaired) electrons. The Balaban J connectivity index is 1.00. The van der Waals surface area contributed by atoms with Gasteiger partial charge in [-0.15, -0.1) is 11.3 Å². The Labute approximate surface area is 368 Å². The van der Waals surface area contributed by atoms with E-state index in [0.29, 0.717) is 0 Å². The molecule has 1 heterocycles. The first-order valence-corrected chi connectivity index (χ1v) is 22.6. The minimum absolute atomic E-state index is 0.0874. The fourth-order valence-electron chi connectivity index (χ4n) is 10.7. The van der Waals surface area contributed by atoms with Gasteiger partial charge < -0.3 is 4.90 Å². The molecule has 0 aliphatic heterocycles. The second-order valence-electron chi connectivity index (χ2n) is 18.1. The third-order valence-corrected chi connectivity index (χ3v) is 15.1. The van der Waals surface area contributed by atoms with Crippen LogP contribution in [0.2, 0.25) is 0 Å². The average molecular weight is 812 g/mol. The first-order valence-electron chi connectivity index (χ1n) is 21.8. The van der Waals surface area contributed by atoms with E-state index in [0.717, 1.165) is 11.4 Å². The molecule has 0 saturated heterocycles. The minimum Gasteiger partial charge on any atom is -0.309 e. The van der Waals surface area contributed by atoms with E-state index in [1.165, 1.54) is 104 Å². The van der Waals surface area contributed by atoms with Crippen molar-refractivity contribution < 1.29 is 0 Å². The monoisotopic (exact) mass is 811 g/mol. The molecule has 0 saturated carbocycles. The van der Waals surface area contributed by atoms with Crippen LogP contribution in [0.3, 0.4) is 0 Å². The summed E-state index contributed by atoms with van der Waals surface area (Å²) in [5.74, 6) is 0. The molecule has 1 nitrogen and oxygen atoms in total. The lowest BCUT2D eigenvalue weighted by Crippen LogP contribution is -2.16. The molecule has 2 heteroatoms. The zero-order valence-corrected chi connectivity index (χ0v) is 36.2. The molecule has 2 aliphatic rings. The van der Waals surface area contributed by atoms with Crippen molar-refractivity contribution in [3.63, 3.8) is 0 Å². The van der Waals surface area contributed by atoms with Crippen molar-refractivity contribution in [2.45, 2.75) is 38.5 Å². The molecule has 9 aromatic carbocycles. The summed E-state index contributed by atoms with van der Waals surface area (Å²) in [4.78, 5) is 2.51. The number of benzene rings is 9. The normalized spacial score (nSPS) is 14.1. The number of rotatable bonds is 6. The van der Waals surface area contributed by atoms with Gasteiger partial charge in [0.25, 0.3) is 0 Å². The lowest BCUT2D eigenvalue weighted by atomic mass is 9.81. The van der Waals surface area contributed by atoms with Gasteiger partial charge in [0.1, 0.15) is 0 Å². The zero-order valence-electron chi connectivity index (χ0n) is 35.4. The maximum Gasteiger partial charge on any atom is 0.0543 e. The predicted octanol–water partition coefficient (Wildman–Crippen LogP) is 17.1. The smallest absolute Gasteiger partial charge is 0.0543 e. The fraction of sp³-hybridized carbons (Fsp3) is 0.100. The van der Waals surface area contributed by atoms with E-state index < -0.39 is 0 Å². The van der Waals surface area contributed by atoms with Crippen LogP contribution in [0.1, 0.15) is 49.9 Å². The van der Waals surface area contributed by atoms with E-state index in [-0.39, 0.29) is 10.8 Å². The lowest BCUT2D eigenvalue weighted by Gasteiger charge is -2.30. The molecule has 0 amide bonds. The van der Waals surface area contributed by atoms with Gasteiger partial charge in [0, 0.05) is 47.8 Å². The van der Waals surface area contributed by atoms with Crippen molar-refractivity contribution in [2.24, 2.45) is 0 Å². The van der Waals surface area contributed by atoms with Crippen LogP contribution < -0.4 is 4.90 Å². The number of hydrogen-bond donors (Lipinski definition) is 0. The highest BCUT2D eigenvalue weighted by atomic mass is 32.1. The number of anilines is 3. The third kappa shape index (κ3) is 5.53. The summed E-state index contributed by atoms with van der Waals surface area (Å²) >= 11 is 1.87. The molecule has 0 atom stereocenters. The van der Waals surface area contributed by atoms with Gasteiger partial charge in [-0.2, -0.15) is 0 Å². The highest BCUT2D eigenvalue weighted by molar-refractivity contribution is 7.25. The molecule has 0 bridgehead atoms. The van der Waals surface area contributed by atoms with Gasteiger partial charge in [0.05, 0.1) is 11.4 Å². The Hall–Kier alpha value is -7.00. The zero-order chi connectivity index (χ0) is 41.7. The van der Waals surface area contributed by atoms with Crippen molar-refractivity contribution in [1.82, 2.24) is 0 Å². The largest absolute Gasteiger partial charge is 0.309 e. The minimum atomic E-state index is -0.119. The van der Waals surface area contributed by atoms with Crippen LogP contribution in [0.15, 0.2) is 200 Å². The molecule has 10 aromatic rings. The van der Waals surface area contributed by atoms with Crippen molar-refractivity contribution in [3.8, 4) is 55.6 Å². The van der Waals surface area contributed by atoms with Crippen LogP contribution in [0, 0.1) is 0 Å². The molecule has 0 N–H and O–H groups in total. The Morgan fingerprint density at radius 2 is 0.935 bits per heavy atom. The molecule has 0 spiro atoms. The summed E-state index contributed by atoms with van der Waals surface area (Å²) in [6.07, 6.45) is 0. The van der Waals surface area contributed by atoms with E-state index in [1.807, 2.05) is 11.3 Å². The van der Waals surface area contributed by atoms with Crippen molar-refractivity contribution >= 4 is 48.6 Å². The summed E-state index contributed by atoms with van der Waals surface area (Å²) in [6, 6.07) is 74.8. The van der Waals surface area contributed by atoms with Crippen molar-refractivity contribution in [2.75, 3.05) is 4.90 Å². The molecule has 62 heavy (non-hydrogen) atoms. The first kappa shape index (κ1) is 36.8. The van der Waals surface area contributed by atoms with E-state index in [4.69, 9.17) is 0 Å². The number of thiophene rings is 1. The quantitative estimate of drug-likeness (QED) is 0.162.